The highest BCUT2D eigenvalue weighted by Crippen LogP contribution is 2.36. The second-order valence-corrected chi connectivity index (χ2v) is 6.67. The van der Waals surface area contributed by atoms with Crippen LogP contribution >= 0.6 is 0 Å². The van der Waals surface area contributed by atoms with Gasteiger partial charge in [0.15, 0.2) is 11.5 Å². The van der Waals surface area contributed by atoms with Crippen LogP contribution in [0.25, 0.3) is 0 Å². The van der Waals surface area contributed by atoms with Crippen LogP contribution < -0.4 is 14.8 Å². The summed E-state index contributed by atoms with van der Waals surface area (Å²) in [5, 5.41) is 3.65. The zero-order chi connectivity index (χ0) is 14.6. The van der Waals surface area contributed by atoms with Crippen LogP contribution in [0.5, 0.6) is 11.5 Å². The van der Waals surface area contributed by atoms with Gasteiger partial charge < -0.3 is 14.8 Å². The zero-order valence-corrected chi connectivity index (χ0v) is 13.2. The minimum Gasteiger partial charge on any atom is -0.486 e. The average Bonchev–Trinajstić information content (AvgIpc) is 2.41. The van der Waals surface area contributed by atoms with Gasteiger partial charge in [-0.25, -0.2) is 0 Å². The molecule has 3 heteroatoms. The van der Waals surface area contributed by atoms with E-state index in [1.807, 2.05) is 6.07 Å². The molecule has 1 aliphatic rings. The predicted molar refractivity (Wildman–Crippen MR) is 82.5 cm³/mol. The van der Waals surface area contributed by atoms with E-state index < -0.39 is 0 Å². The SMILES string of the molecule is CCCNC(CC(C)(C)C)c1ccc2c(c1)OCCO2. The van der Waals surface area contributed by atoms with Gasteiger partial charge in [-0.15, -0.1) is 0 Å². The first-order valence-electron chi connectivity index (χ1n) is 7.62. The van der Waals surface area contributed by atoms with Crippen LogP contribution in [0.1, 0.15) is 52.1 Å². The Hall–Kier alpha value is -1.22. The van der Waals surface area contributed by atoms with E-state index in [1.54, 1.807) is 0 Å². The molecule has 0 bridgehead atoms. The van der Waals surface area contributed by atoms with Crippen molar-refractivity contribution in [3.05, 3.63) is 23.8 Å². The molecule has 3 nitrogen and oxygen atoms in total. The van der Waals surface area contributed by atoms with Crippen molar-refractivity contribution in [3.8, 4) is 11.5 Å². The maximum Gasteiger partial charge on any atom is 0.161 e. The summed E-state index contributed by atoms with van der Waals surface area (Å²) >= 11 is 0. The Bertz CT molecular complexity index is 437. The summed E-state index contributed by atoms with van der Waals surface area (Å²) in [6.45, 7) is 11.4. The lowest BCUT2D eigenvalue weighted by atomic mass is 9.85. The smallest absolute Gasteiger partial charge is 0.161 e. The first-order chi connectivity index (χ1) is 9.49. The van der Waals surface area contributed by atoms with E-state index in [0.717, 1.165) is 30.9 Å². The summed E-state index contributed by atoms with van der Waals surface area (Å²) in [5.74, 6) is 1.75. The fourth-order valence-corrected chi connectivity index (χ4v) is 2.52. The number of hydrogen-bond donors (Lipinski definition) is 1. The van der Waals surface area contributed by atoms with E-state index >= 15 is 0 Å². The first-order valence-corrected chi connectivity index (χ1v) is 7.62. The Labute approximate surface area is 122 Å². The molecule has 0 radical (unpaired) electrons. The highest BCUT2D eigenvalue weighted by Gasteiger charge is 2.21. The second kappa shape index (κ2) is 6.49. The molecule has 1 aromatic rings. The summed E-state index contributed by atoms with van der Waals surface area (Å²) in [4.78, 5) is 0. The molecule has 0 aromatic heterocycles. The monoisotopic (exact) mass is 277 g/mol. The number of benzene rings is 1. The van der Waals surface area contributed by atoms with E-state index in [1.165, 1.54) is 5.56 Å². The Morgan fingerprint density at radius 3 is 2.50 bits per heavy atom. The number of nitrogens with one attached hydrogen (secondary N) is 1. The second-order valence-electron chi connectivity index (χ2n) is 6.67. The molecule has 0 amide bonds. The number of rotatable bonds is 5. The number of hydrogen-bond acceptors (Lipinski definition) is 3. The fraction of sp³-hybridized carbons (Fsp3) is 0.647. The zero-order valence-electron chi connectivity index (χ0n) is 13.2. The molecule has 20 heavy (non-hydrogen) atoms. The third-order valence-corrected chi connectivity index (χ3v) is 3.43. The maximum atomic E-state index is 5.70. The number of fused-ring (bicyclic) bond motifs is 1. The molecule has 0 fully saturated rings. The topological polar surface area (TPSA) is 30.5 Å². The van der Waals surface area contributed by atoms with Gasteiger partial charge in [0.2, 0.25) is 0 Å². The molecule has 1 aliphatic heterocycles. The van der Waals surface area contributed by atoms with Crippen LogP contribution in [0, 0.1) is 5.41 Å². The number of ether oxygens (including phenoxy) is 2. The van der Waals surface area contributed by atoms with Gasteiger partial charge in [-0.05, 0) is 42.5 Å². The third-order valence-electron chi connectivity index (χ3n) is 3.43. The van der Waals surface area contributed by atoms with Gasteiger partial charge >= 0.3 is 0 Å². The molecule has 1 aromatic carbocycles. The van der Waals surface area contributed by atoms with Gasteiger partial charge in [0.1, 0.15) is 13.2 Å². The molecule has 1 N–H and O–H groups in total. The Kier molecular flexibility index (Phi) is 4.92. The summed E-state index contributed by atoms with van der Waals surface area (Å²) in [6, 6.07) is 6.69. The highest BCUT2D eigenvalue weighted by atomic mass is 16.6. The third kappa shape index (κ3) is 4.14. The molecule has 0 saturated heterocycles. The van der Waals surface area contributed by atoms with Crippen molar-refractivity contribution in [2.24, 2.45) is 5.41 Å². The Morgan fingerprint density at radius 2 is 1.85 bits per heavy atom. The van der Waals surface area contributed by atoms with Crippen LogP contribution in [-0.4, -0.2) is 19.8 Å². The van der Waals surface area contributed by atoms with E-state index in [4.69, 9.17) is 9.47 Å². The van der Waals surface area contributed by atoms with Crippen molar-refractivity contribution in [3.63, 3.8) is 0 Å². The van der Waals surface area contributed by atoms with Crippen molar-refractivity contribution in [2.45, 2.75) is 46.6 Å². The Balaban J connectivity index is 2.18. The van der Waals surface area contributed by atoms with Crippen molar-refractivity contribution in [1.82, 2.24) is 5.32 Å². The predicted octanol–water partition coefficient (Wildman–Crippen LogP) is 3.93. The van der Waals surface area contributed by atoms with Gasteiger partial charge in [0.25, 0.3) is 0 Å². The van der Waals surface area contributed by atoms with Crippen molar-refractivity contribution >= 4 is 0 Å². The van der Waals surface area contributed by atoms with Crippen LogP contribution in [0.3, 0.4) is 0 Å². The molecule has 1 atom stereocenters. The minimum atomic E-state index is 0.290. The molecule has 1 unspecified atom stereocenters. The van der Waals surface area contributed by atoms with Crippen molar-refractivity contribution < 1.29 is 9.47 Å². The maximum absolute atomic E-state index is 5.70. The highest BCUT2D eigenvalue weighted by molar-refractivity contribution is 5.44. The van der Waals surface area contributed by atoms with Gasteiger partial charge in [0.05, 0.1) is 0 Å². The standard InChI is InChI=1S/C17H27NO2/c1-5-8-18-14(12-17(2,3)4)13-6-7-15-16(11-13)20-10-9-19-15/h6-7,11,14,18H,5,8-10,12H2,1-4H3. The van der Waals surface area contributed by atoms with Gasteiger partial charge in [-0.3, -0.25) is 0 Å². The normalized spacial score (nSPS) is 16.0. The minimum absolute atomic E-state index is 0.290. The van der Waals surface area contributed by atoms with E-state index in [9.17, 15) is 0 Å². The molecule has 0 saturated carbocycles. The summed E-state index contributed by atoms with van der Waals surface area (Å²) in [6.07, 6.45) is 2.25. The molecule has 2 rings (SSSR count). The van der Waals surface area contributed by atoms with Gasteiger partial charge in [-0.1, -0.05) is 33.8 Å². The van der Waals surface area contributed by atoms with Gasteiger partial charge in [-0.2, -0.15) is 0 Å². The van der Waals surface area contributed by atoms with Gasteiger partial charge in [0, 0.05) is 6.04 Å². The van der Waals surface area contributed by atoms with Crippen molar-refractivity contribution in [1.29, 1.82) is 0 Å². The fourth-order valence-electron chi connectivity index (χ4n) is 2.52. The van der Waals surface area contributed by atoms with Crippen LogP contribution in [0.15, 0.2) is 18.2 Å². The first kappa shape index (κ1) is 15.2. The average molecular weight is 277 g/mol. The van der Waals surface area contributed by atoms with E-state index in [-0.39, 0.29) is 0 Å². The summed E-state index contributed by atoms with van der Waals surface area (Å²) in [7, 11) is 0. The molecule has 0 spiro atoms. The molecular formula is C17H27NO2. The van der Waals surface area contributed by atoms with Crippen molar-refractivity contribution in [2.75, 3.05) is 19.8 Å². The lowest BCUT2D eigenvalue weighted by Gasteiger charge is -2.28. The largest absolute Gasteiger partial charge is 0.486 e. The quantitative estimate of drug-likeness (QED) is 0.884. The van der Waals surface area contributed by atoms with E-state index in [0.29, 0.717) is 24.7 Å². The summed E-state index contributed by atoms with van der Waals surface area (Å²) < 4.78 is 11.3. The molecular weight excluding hydrogens is 250 g/mol. The van der Waals surface area contributed by atoms with Crippen LogP contribution in [0.2, 0.25) is 0 Å². The Morgan fingerprint density at radius 1 is 1.15 bits per heavy atom. The molecule has 1 heterocycles. The lowest BCUT2D eigenvalue weighted by Crippen LogP contribution is -2.26. The van der Waals surface area contributed by atoms with Crippen LogP contribution in [-0.2, 0) is 0 Å². The van der Waals surface area contributed by atoms with Crippen LogP contribution in [0.4, 0.5) is 0 Å². The lowest BCUT2D eigenvalue weighted by molar-refractivity contribution is 0.171. The molecule has 0 aliphatic carbocycles. The molecule has 112 valence electrons. The van der Waals surface area contributed by atoms with E-state index in [2.05, 4.69) is 45.1 Å². The summed E-state index contributed by atoms with van der Waals surface area (Å²) in [5.41, 5.74) is 1.58.